The summed E-state index contributed by atoms with van der Waals surface area (Å²) in [7, 11) is 0. The van der Waals surface area contributed by atoms with Crippen molar-refractivity contribution in [3.05, 3.63) is 53.6 Å². The number of hydrogen-bond acceptors (Lipinski definition) is 3. The van der Waals surface area contributed by atoms with Gasteiger partial charge in [-0.3, -0.25) is 9.78 Å². The average molecular weight is 245 g/mol. The normalized spacial score (nSPS) is 10.1. The first kappa shape index (κ1) is 12.0. The highest BCUT2D eigenvalue weighted by Gasteiger charge is 2.09. The van der Waals surface area contributed by atoms with Crippen molar-refractivity contribution in [2.75, 3.05) is 11.1 Å². The summed E-state index contributed by atoms with van der Waals surface area (Å²) in [6.07, 6.45) is 2.45. The molecular formula is C13H12FN3O. The van der Waals surface area contributed by atoms with E-state index in [-0.39, 0.29) is 5.69 Å². The third kappa shape index (κ3) is 2.45. The first-order valence-electron chi connectivity index (χ1n) is 5.35. The van der Waals surface area contributed by atoms with Crippen LogP contribution < -0.4 is 11.1 Å². The van der Waals surface area contributed by atoms with Gasteiger partial charge in [0, 0.05) is 17.4 Å². The minimum Gasteiger partial charge on any atom is -0.398 e. The zero-order valence-corrected chi connectivity index (χ0v) is 9.77. The molecular weight excluding hydrogens is 233 g/mol. The van der Waals surface area contributed by atoms with Crippen molar-refractivity contribution in [1.29, 1.82) is 0 Å². The second-order valence-corrected chi connectivity index (χ2v) is 3.88. The Labute approximate surface area is 104 Å². The smallest absolute Gasteiger partial charge is 0.255 e. The monoisotopic (exact) mass is 245 g/mol. The van der Waals surface area contributed by atoms with Gasteiger partial charge in [0.05, 0.1) is 11.9 Å². The van der Waals surface area contributed by atoms with Gasteiger partial charge >= 0.3 is 0 Å². The summed E-state index contributed by atoms with van der Waals surface area (Å²) in [5, 5.41) is 2.46. The van der Waals surface area contributed by atoms with E-state index >= 15 is 0 Å². The van der Waals surface area contributed by atoms with E-state index in [0.717, 1.165) is 11.8 Å². The molecule has 0 unspecified atom stereocenters. The molecule has 0 radical (unpaired) electrons. The fourth-order valence-electron chi connectivity index (χ4n) is 1.45. The fraction of sp³-hybridized carbons (Fsp3) is 0.0769. The molecule has 0 saturated carbocycles. The van der Waals surface area contributed by atoms with Crippen LogP contribution in [0.25, 0.3) is 0 Å². The van der Waals surface area contributed by atoms with Gasteiger partial charge in [0.1, 0.15) is 0 Å². The maximum atomic E-state index is 13.3. The number of carbonyl (C=O) groups is 1. The molecule has 0 bridgehead atoms. The number of carbonyl (C=O) groups excluding carboxylic acids is 1. The Balaban J connectivity index is 2.22. The number of benzene rings is 1. The van der Waals surface area contributed by atoms with Crippen LogP contribution in [0, 0.1) is 12.7 Å². The number of nitrogens with one attached hydrogen (secondary N) is 1. The Bertz CT molecular complexity index is 599. The van der Waals surface area contributed by atoms with Gasteiger partial charge in [-0.05, 0) is 30.7 Å². The fourth-order valence-corrected chi connectivity index (χ4v) is 1.45. The van der Waals surface area contributed by atoms with E-state index in [1.165, 1.54) is 12.3 Å². The molecule has 0 spiro atoms. The highest BCUT2D eigenvalue weighted by atomic mass is 19.1. The van der Waals surface area contributed by atoms with E-state index in [9.17, 15) is 9.18 Å². The Morgan fingerprint density at radius 1 is 1.39 bits per heavy atom. The predicted octanol–water partition coefficient (Wildman–Crippen LogP) is 2.36. The van der Waals surface area contributed by atoms with Gasteiger partial charge in [-0.2, -0.15) is 0 Å². The molecule has 5 heteroatoms. The number of pyridine rings is 1. The summed E-state index contributed by atoms with van der Waals surface area (Å²) in [5.41, 5.74) is 7.61. The lowest BCUT2D eigenvalue weighted by atomic mass is 10.1. The van der Waals surface area contributed by atoms with Crippen molar-refractivity contribution < 1.29 is 9.18 Å². The van der Waals surface area contributed by atoms with Crippen LogP contribution in [-0.4, -0.2) is 10.9 Å². The summed E-state index contributed by atoms with van der Waals surface area (Å²) >= 11 is 0. The van der Waals surface area contributed by atoms with Gasteiger partial charge in [-0.1, -0.05) is 6.07 Å². The molecule has 1 aromatic heterocycles. The van der Waals surface area contributed by atoms with Crippen molar-refractivity contribution in [2.45, 2.75) is 6.92 Å². The number of halogens is 1. The topological polar surface area (TPSA) is 68.0 Å². The Hall–Kier alpha value is -2.43. The summed E-state index contributed by atoms with van der Waals surface area (Å²) in [6, 6.07) is 6.34. The molecule has 0 fully saturated rings. The van der Waals surface area contributed by atoms with E-state index < -0.39 is 11.7 Å². The first-order chi connectivity index (χ1) is 8.58. The van der Waals surface area contributed by atoms with Gasteiger partial charge in [-0.15, -0.1) is 0 Å². The lowest BCUT2D eigenvalue weighted by Gasteiger charge is -2.07. The maximum Gasteiger partial charge on any atom is 0.255 e. The molecule has 0 saturated heterocycles. The molecule has 92 valence electrons. The first-order valence-corrected chi connectivity index (χ1v) is 5.35. The quantitative estimate of drug-likeness (QED) is 0.798. The molecule has 0 aliphatic rings. The van der Waals surface area contributed by atoms with Crippen molar-refractivity contribution >= 4 is 17.3 Å². The van der Waals surface area contributed by atoms with Crippen molar-refractivity contribution in [3.63, 3.8) is 0 Å². The molecule has 2 aromatic rings. The lowest BCUT2D eigenvalue weighted by molar-refractivity contribution is 0.102. The largest absolute Gasteiger partial charge is 0.398 e. The summed E-state index contributed by atoms with van der Waals surface area (Å²) in [4.78, 5) is 15.5. The molecule has 2 rings (SSSR count). The number of aromatic nitrogens is 1. The van der Waals surface area contributed by atoms with Crippen LogP contribution in [0.15, 0.2) is 36.7 Å². The van der Waals surface area contributed by atoms with E-state index in [0.29, 0.717) is 11.3 Å². The average Bonchev–Trinajstić information content (AvgIpc) is 2.35. The van der Waals surface area contributed by atoms with E-state index in [1.54, 1.807) is 18.2 Å². The number of aryl methyl sites for hydroxylation is 1. The Morgan fingerprint density at radius 3 is 2.83 bits per heavy atom. The summed E-state index contributed by atoms with van der Waals surface area (Å²) < 4.78 is 13.3. The number of anilines is 2. The lowest BCUT2D eigenvalue weighted by Crippen LogP contribution is -2.13. The molecule has 4 nitrogen and oxygen atoms in total. The standard InChI is InChI=1S/C13H12FN3O/c1-8-2-3-9(6-11(8)15)13(18)17-12-4-5-16-7-10(12)14/h2-7H,15H2,1H3,(H,16,17,18). The molecule has 1 amide bonds. The van der Waals surface area contributed by atoms with Crippen LogP contribution in [0.1, 0.15) is 15.9 Å². The third-order valence-corrected chi connectivity index (χ3v) is 2.56. The Morgan fingerprint density at radius 2 is 2.17 bits per heavy atom. The summed E-state index contributed by atoms with van der Waals surface area (Å²) in [6.45, 7) is 1.85. The third-order valence-electron chi connectivity index (χ3n) is 2.56. The molecule has 0 atom stereocenters. The van der Waals surface area contributed by atoms with Gasteiger partial charge in [0.25, 0.3) is 5.91 Å². The predicted molar refractivity (Wildman–Crippen MR) is 67.7 cm³/mol. The van der Waals surface area contributed by atoms with Crippen LogP contribution >= 0.6 is 0 Å². The van der Waals surface area contributed by atoms with Crippen LogP contribution in [0.3, 0.4) is 0 Å². The van der Waals surface area contributed by atoms with Crippen LogP contribution in [-0.2, 0) is 0 Å². The molecule has 1 heterocycles. The van der Waals surface area contributed by atoms with E-state index in [1.807, 2.05) is 6.92 Å². The number of nitrogen functional groups attached to an aromatic ring is 1. The minimum atomic E-state index is -0.578. The van der Waals surface area contributed by atoms with Crippen molar-refractivity contribution in [3.8, 4) is 0 Å². The highest BCUT2D eigenvalue weighted by Crippen LogP contribution is 2.16. The number of nitrogens with zero attached hydrogens (tertiary/aromatic N) is 1. The Kier molecular flexibility index (Phi) is 3.23. The van der Waals surface area contributed by atoms with Gasteiger partial charge in [-0.25, -0.2) is 4.39 Å². The van der Waals surface area contributed by atoms with Gasteiger partial charge in [0.2, 0.25) is 0 Å². The molecule has 3 N–H and O–H groups in total. The molecule has 1 aromatic carbocycles. The van der Waals surface area contributed by atoms with Crippen LogP contribution in [0.5, 0.6) is 0 Å². The number of amides is 1. The SMILES string of the molecule is Cc1ccc(C(=O)Nc2ccncc2F)cc1N. The summed E-state index contributed by atoms with van der Waals surface area (Å²) in [5.74, 6) is -0.988. The van der Waals surface area contributed by atoms with Gasteiger partial charge < -0.3 is 11.1 Å². The number of rotatable bonds is 2. The second kappa shape index (κ2) is 4.83. The second-order valence-electron chi connectivity index (χ2n) is 3.88. The van der Waals surface area contributed by atoms with Crippen LogP contribution in [0.2, 0.25) is 0 Å². The van der Waals surface area contributed by atoms with E-state index in [4.69, 9.17) is 5.73 Å². The zero-order chi connectivity index (χ0) is 13.1. The van der Waals surface area contributed by atoms with E-state index in [2.05, 4.69) is 10.3 Å². The zero-order valence-electron chi connectivity index (χ0n) is 9.77. The molecule has 18 heavy (non-hydrogen) atoms. The number of hydrogen-bond donors (Lipinski definition) is 2. The number of nitrogens with two attached hydrogens (primary N) is 1. The maximum absolute atomic E-state index is 13.3. The molecule has 0 aliphatic heterocycles. The van der Waals surface area contributed by atoms with Crippen molar-refractivity contribution in [1.82, 2.24) is 4.98 Å². The van der Waals surface area contributed by atoms with Crippen LogP contribution in [0.4, 0.5) is 15.8 Å². The molecule has 0 aliphatic carbocycles. The minimum absolute atomic E-state index is 0.0918. The van der Waals surface area contributed by atoms with Gasteiger partial charge in [0.15, 0.2) is 5.82 Å². The highest BCUT2D eigenvalue weighted by molar-refractivity contribution is 6.04. The van der Waals surface area contributed by atoms with Crippen molar-refractivity contribution in [2.24, 2.45) is 0 Å².